The molecular formula is C24H16BrClN4O3S. The van der Waals surface area contributed by atoms with Gasteiger partial charge in [-0.15, -0.1) is 5.10 Å². The SMILES string of the molecule is O=C1NC(SCc2ccccc2Cl)=NN2C1=c1ccccc1=N[C@H]2c1cc2c(cc1Br)OCO2. The third-order valence-corrected chi connectivity index (χ3v) is 7.58. The van der Waals surface area contributed by atoms with E-state index in [1.54, 1.807) is 5.01 Å². The minimum absolute atomic E-state index is 0.167. The number of carbonyl (C=O) groups is 1. The van der Waals surface area contributed by atoms with E-state index < -0.39 is 6.17 Å². The molecule has 0 spiro atoms. The Bertz CT molecular complexity index is 1500. The van der Waals surface area contributed by atoms with E-state index in [4.69, 9.17) is 31.2 Å². The largest absolute Gasteiger partial charge is 0.454 e. The van der Waals surface area contributed by atoms with Crippen LogP contribution in [0.3, 0.4) is 0 Å². The Morgan fingerprint density at radius 2 is 1.88 bits per heavy atom. The van der Waals surface area contributed by atoms with Gasteiger partial charge in [0.25, 0.3) is 5.91 Å². The van der Waals surface area contributed by atoms with Crippen LogP contribution in [0, 0.1) is 0 Å². The number of benzene rings is 3. The number of ether oxygens (including phenoxy) is 2. The van der Waals surface area contributed by atoms with Crippen molar-refractivity contribution in [3.63, 3.8) is 0 Å². The van der Waals surface area contributed by atoms with Gasteiger partial charge in [-0.3, -0.25) is 15.1 Å². The first-order chi connectivity index (χ1) is 16.6. The Labute approximate surface area is 212 Å². The van der Waals surface area contributed by atoms with Gasteiger partial charge in [0.05, 0.1) is 5.36 Å². The summed E-state index contributed by atoms with van der Waals surface area (Å²) < 4.78 is 11.9. The Hall–Kier alpha value is -3.01. The quantitative estimate of drug-likeness (QED) is 0.531. The van der Waals surface area contributed by atoms with E-state index in [0.717, 1.165) is 26.2 Å². The first-order valence-corrected chi connectivity index (χ1v) is 12.6. The number of nitrogens with zero attached hydrogens (tertiary/aromatic N) is 3. The predicted molar refractivity (Wildman–Crippen MR) is 134 cm³/mol. The molecule has 1 atom stereocenters. The van der Waals surface area contributed by atoms with E-state index in [9.17, 15) is 4.79 Å². The number of hydrazone groups is 1. The number of para-hydroxylation sites is 1. The highest BCUT2D eigenvalue weighted by Crippen LogP contribution is 2.42. The number of hydrogen-bond donors (Lipinski definition) is 1. The number of halogens is 2. The van der Waals surface area contributed by atoms with Crippen molar-refractivity contribution in [3.8, 4) is 11.5 Å². The normalized spacial score (nSPS) is 18.0. The van der Waals surface area contributed by atoms with Crippen LogP contribution in [0.5, 0.6) is 11.5 Å². The highest BCUT2D eigenvalue weighted by Gasteiger charge is 2.36. The maximum absolute atomic E-state index is 13.3. The van der Waals surface area contributed by atoms with Crippen LogP contribution in [0.2, 0.25) is 5.02 Å². The summed E-state index contributed by atoms with van der Waals surface area (Å²) in [4.78, 5) is 18.3. The van der Waals surface area contributed by atoms with Crippen molar-refractivity contribution in [2.24, 2.45) is 10.1 Å². The number of rotatable bonds is 3. The maximum Gasteiger partial charge on any atom is 0.276 e. The van der Waals surface area contributed by atoms with Crippen molar-refractivity contribution < 1.29 is 14.3 Å². The molecule has 34 heavy (non-hydrogen) atoms. The average Bonchev–Trinajstić information content (AvgIpc) is 3.29. The standard InChI is InChI=1S/C24H16BrClN4O3S/c25-16-10-20-19(32-12-33-20)9-15(16)22-27-18-8-4-2-6-14(18)21-23(31)28-24(29-30(21)22)34-11-13-5-1-3-7-17(13)26/h1-10,22H,11-12H2,(H,28,29,31)/t22-/m1/s1. The second-order valence-electron chi connectivity index (χ2n) is 7.68. The molecule has 170 valence electrons. The van der Waals surface area contributed by atoms with Gasteiger partial charge in [0.15, 0.2) is 22.8 Å². The number of fused-ring (bicyclic) bond motifs is 3. The number of hydrogen-bond acceptors (Lipinski definition) is 7. The molecule has 0 unspecified atom stereocenters. The Balaban J connectivity index is 1.44. The van der Waals surface area contributed by atoms with Gasteiger partial charge in [0, 0.05) is 26.0 Å². The Morgan fingerprint density at radius 3 is 2.74 bits per heavy atom. The highest BCUT2D eigenvalue weighted by molar-refractivity contribution is 9.10. The smallest absolute Gasteiger partial charge is 0.276 e. The molecule has 7 nitrogen and oxygen atoms in total. The Kier molecular flexibility index (Phi) is 5.47. The summed E-state index contributed by atoms with van der Waals surface area (Å²) in [6.07, 6.45) is -0.573. The minimum atomic E-state index is -0.573. The zero-order chi connectivity index (χ0) is 23.2. The molecule has 3 aromatic rings. The molecule has 1 amide bonds. The van der Waals surface area contributed by atoms with Crippen molar-refractivity contribution in [1.82, 2.24) is 10.3 Å². The number of amides is 1. The molecule has 0 radical (unpaired) electrons. The van der Waals surface area contributed by atoms with Gasteiger partial charge < -0.3 is 9.47 Å². The summed E-state index contributed by atoms with van der Waals surface area (Å²) in [5.74, 6) is 1.62. The highest BCUT2D eigenvalue weighted by atomic mass is 79.9. The van der Waals surface area contributed by atoms with Crippen LogP contribution in [-0.4, -0.2) is 22.9 Å². The second kappa shape index (κ2) is 8.65. The van der Waals surface area contributed by atoms with Crippen molar-refractivity contribution >= 4 is 56.1 Å². The van der Waals surface area contributed by atoms with Crippen molar-refractivity contribution in [1.29, 1.82) is 0 Å². The minimum Gasteiger partial charge on any atom is -0.454 e. The van der Waals surface area contributed by atoms with Crippen molar-refractivity contribution in [3.05, 3.63) is 91.9 Å². The van der Waals surface area contributed by atoms with Crippen LogP contribution in [0.4, 0.5) is 0 Å². The van der Waals surface area contributed by atoms with E-state index in [2.05, 4.69) is 21.2 Å². The predicted octanol–water partition coefficient (Wildman–Crippen LogP) is 3.91. The number of amidine groups is 1. The van der Waals surface area contributed by atoms with E-state index in [1.807, 2.05) is 60.7 Å². The zero-order valence-electron chi connectivity index (χ0n) is 17.5. The van der Waals surface area contributed by atoms with Crippen LogP contribution in [-0.2, 0) is 10.5 Å². The molecule has 3 aromatic carbocycles. The molecule has 0 fully saturated rings. The lowest BCUT2D eigenvalue weighted by Crippen LogP contribution is -2.50. The van der Waals surface area contributed by atoms with Crippen molar-refractivity contribution in [2.75, 3.05) is 6.79 Å². The third kappa shape index (κ3) is 3.73. The fraction of sp³-hybridized carbons (Fsp3) is 0.125. The molecular weight excluding hydrogens is 540 g/mol. The first kappa shape index (κ1) is 21.5. The molecule has 0 bridgehead atoms. The number of nitrogens with one attached hydrogen (secondary N) is 1. The van der Waals surface area contributed by atoms with E-state index in [1.165, 1.54) is 11.8 Å². The van der Waals surface area contributed by atoms with Gasteiger partial charge in [-0.2, -0.15) is 0 Å². The third-order valence-electron chi connectivity index (χ3n) is 5.61. The fourth-order valence-electron chi connectivity index (χ4n) is 3.99. The topological polar surface area (TPSA) is 75.5 Å². The van der Waals surface area contributed by atoms with Crippen LogP contribution >= 0.6 is 39.3 Å². The lowest BCUT2D eigenvalue weighted by Gasteiger charge is -2.34. The molecule has 0 aromatic heterocycles. The molecule has 0 saturated heterocycles. The van der Waals surface area contributed by atoms with Gasteiger partial charge >= 0.3 is 0 Å². The number of thioether (sulfide) groups is 1. The van der Waals surface area contributed by atoms with Gasteiger partial charge in [0.1, 0.15) is 5.70 Å². The molecule has 3 heterocycles. The van der Waals surface area contributed by atoms with Gasteiger partial charge in [-0.25, -0.2) is 5.01 Å². The molecule has 0 saturated carbocycles. The summed E-state index contributed by atoms with van der Waals surface area (Å²) >= 11 is 11.4. The van der Waals surface area contributed by atoms with E-state index in [0.29, 0.717) is 33.1 Å². The molecule has 0 aliphatic carbocycles. The van der Waals surface area contributed by atoms with Crippen LogP contribution in [0.25, 0.3) is 5.70 Å². The first-order valence-electron chi connectivity index (χ1n) is 10.4. The fourth-order valence-corrected chi connectivity index (χ4v) is 5.65. The molecule has 3 aliphatic rings. The monoisotopic (exact) mass is 554 g/mol. The molecule has 10 heteroatoms. The summed E-state index contributed by atoms with van der Waals surface area (Å²) in [7, 11) is 0. The average molecular weight is 556 g/mol. The van der Waals surface area contributed by atoms with Crippen LogP contribution < -0.4 is 25.4 Å². The molecule has 3 aliphatic heterocycles. The van der Waals surface area contributed by atoms with E-state index >= 15 is 0 Å². The zero-order valence-corrected chi connectivity index (χ0v) is 20.7. The summed E-state index contributed by atoms with van der Waals surface area (Å²) in [6, 6.07) is 18.9. The Morgan fingerprint density at radius 1 is 1.12 bits per heavy atom. The van der Waals surface area contributed by atoms with Gasteiger partial charge in [-0.1, -0.05) is 75.7 Å². The second-order valence-corrected chi connectivity index (χ2v) is 9.91. The van der Waals surface area contributed by atoms with Crippen LogP contribution in [0.15, 0.2) is 75.2 Å². The van der Waals surface area contributed by atoms with Crippen LogP contribution in [0.1, 0.15) is 17.3 Å². The van der Waals surface area contributed by atoms with Gasteiger partial charge in [0.2, 0.25) is 6.79 Å². The molecule has 1 N–H and O–H groups in total. The molecule has 6 rings (SSSR count). The summed E-state index contributed by atoms with van der Waals surface area (Å²) in [5, 5.41) is 12.0. The summed E-state index contributed by atoms with van der Waals surface area (Å²) in [6.45, 7) is 0.167. The lowest BCUT2D eigenvalue weighted by atomic mass is 10.1. The maximum atomic E-state index is 13.3. The lowest BCUT2D eigenvalue weighted by molar-refractivity contribution is -0.116. The van der Waals surface area contributed by atoms with Gasteiger partial charge in [-0.05, 0) is 29.8 Å². The van der Waals surface area contributed by atoms with E-state index in [-0.39, 0.29) is 12.7 Å². The summed E-state index contributed by atoms with van der Waals surface area (Å²) in [5.41, 5.74) is 2.22. The number of carbonyl (C=O) groups excluding carboxylic acids is 1. The van der Waals surface area contributed by atoms with Crippen molar-refractivity contribution in [2.45, 2.75) is 11.9 Å².